The van der Waals surface area contributed by atoms with Crippen LogP contribution >= 0.6 is 0 Å². The van der Waals surface area contributed by atoms with E-state index in [1.165, 1.54) is 17.2 Å². The van der Waals surface area contributed by atoms with Crippen LogP contribution in [0.3, 0.4) is 0 Å². The molecule has 0 radical (unpaired) electrons. The van der Waals surface area contributed by atoms with Crippen LogP contribution in [0.1, 0.15) is 6.42 Å². The van der Waals surface area contributed by atoms with Gasteiger partial charge in [-0.1, -0.05) is 0 Å². The molecule has 3 heterocycles. The Morgan fingerprint density at radius 2 is 2.19 bits per heavy atom. The monoisotopic (exact) mass is 361 g/mol. The van der Waals surface area contributed by atoms with Gasteiger partial charge in [-0.3, -0.25) is 9.69 Å². The van der Waals surface area contributed by atoms with E-state index in [9.17, 15) is 14.0 Å². The van der Waals surface area contributed by atoms with Gasteiger partial charge in [-0.2, -0.15) is 0 Å². The summed E-state index contributed by atoms with van der Waals surface area (Å²) in [6.07, 6.45) is 0.730. The van der Waals surface area contributed by atoms with Crippen molar-refractivity contribution in [3.8, 4) is 5.88 Å². The van der Waals surface area contributed by atoms with Crippen LogP contribution in [0.15, 0.2) is 35.1 Å². The first-order valence-corrected chi connectivity index (χ1v) is 8.17. The number of cyclic esters (lactones) is 1. The van der Waals surface area contributed by atoms with E-state index < -0.39 is 18.0 Å². The first-order chi connectivity index (χ1) is 12.6. The van der Waals surface area contributed by atoms with Crippen molar-refractivity contribution in [1.29, 1.82) is 0 Å². The van der Waals surface area contributed by atoms with Crippen LogP contribution in [-0.4, -0.2) is 49.4 Å². The summed E-state index contributed by atoms with van der Waals surface area (Å²) < 4.78 is 29.7. The van der Waals surface area contributed by atoms with Crippen molar-refractivity contribution in [2.45, 2.75) is 12.5 Å². The number of rotatable bonds is 5. The van der Waals surface area contributed by atoms with Crippen LogP contribution in [-0.2, 0) is 9.53 Å². The normalized spacial score (nSPS) is 20.0. The van der Waals surface area contributed by atoms with Crippen LogP contribution in [0.4, 0.5) is 20.6 Å². The quantitative estimate of drug-likeness (QED) is 0.805. The maximum Gasteiger partial charge on any atom is 0.414 e. The summed E-state index contributed by atoms with van der Waals surface area (Å²) in [7, 11) is 0. The lowest BCUT2D eigenvalue weighted by Gasteiger charge is -2.19. The van der Waals surface area contributed by atoms with Crippen LogP contribution < -0.4 is 14.5 Å². The number of carbonyl (C=O) groups excluding carboxylic acids is 2. The highest BCUT2D eigenvalue weighted by Gasteiger charge is 2.33. The van der Waals surface area contributed by atoms with E-state index in [1.54, 1.807) is 23.1 Å². The molecule has 0 aliphatic carbocycles. The zero-order chi connectivity index (χ0) is 18.1. The summed E-state index contributed by atoms with van der Waals surface area (Å²) in [6.45, 7) is 1.06. The Bertz CT molecular complexity index is 826. The molecular formula is C17H16FN3O5. The second-order valence-corrected chi connectivity index (χ2v) is 6.11. The molecule has 2 saturated heterocycles. The third-order valence-electron chi connectivity index (χ3n) is 4.32. The van der Waals surface area contributed by atoms with Crippen LogP contribution in [0.25, 0.3) is 0 Å². The smallest absolute Gasteiger partial charge is 0.414 e. The van der Waals surface area contributed by atoms with Gasteiger partial charge in [0.15, 0.2) is 11.9 Å². The van der Waals surface area contributed by atoms with E-state index in [4.69, 9.17) is 9.47 Å². The Balaban J connectivity index is 1.43. The number of benzene rings is 1. The molecule has 0 saturated carbocycles. The van der Waals surface area contributed by atoms with Crippen molar-refractivity contribution in [3.63, 3.8) is 0 Å². The summed E-state index contributed by atoms with van der Waals surface area (Å²) in [5.41, 5.74) is 0.754. The Morgan fingerprint density at radius 3 is 2.88 bits per heavy atom. The average molecular weight is 361 g/mol. The number of Topliss-reactive ketones (excluding diaryl/α,β-unsaturated/α-hetero) is 1. The largest absolute Gasteiger partial charge is 0.471 e. The Hall–Kier alpha value is -3.10. The molecule has 8 nitrogen and oxygen atoms in total. The molecule has 2 aromatic rings. The highest BCUT2D eigenvalue weighted by atomic mass is 19.1. The Kier molecular flexibility index (Phi) is 4.19. The van der Waals surface area contributed by atoms with E-state index in [0.717, 1.165) is 0 Å². The van der Waals surface area contributed by atoms with Gasteiger partial charge in [0.25, 0.3) is 5.88 Å². The maximum absolute atomic E-state index is 14.5. The van der Waals surface area contributed by atoms with Crippen molar-refractivity contribution in [3.05, 3.63) is 36.3 Å². The number of nitrogens with zero attached hydrogens (tertiary/aromatic N) is 3. The number of ether oxygens (including phenoxy) is 2. The highest BCUT2D eigenvalue weighted by Crippen LogP contribution is 2.29. The molecule has 1 atom stereocenters. The molecular weight excluding hydrogens is 345 g/mol. The standard InChI is InChI=1S/C17H16FN3O5/c18-14-7-11(1-2-15(14)20-5-3-12(22)8-20)21-9-13(26-17(21)23)10-24-16-4-6-25-19-16/h1-2,4,6-7,13H,3,5,8-10H2/t13-/m1/s1. The molecule has 1 aromatic heterocycles. The lowest BCUT2D eigenvalue weighted by Crippen LogP contribution is -2.27. The van der Waals surface area contributed by atoms with Gasteiger partial charge in [0.2, 0.25) is 0 Å². The molecule has 1 aromatic carbocycles. The van der Waals surface area contributed by atoms with Crippen molar-refractivity contribution in [1.82, 2.24) is 5.16 Å². The van der Waals surface area contributed by atoms with Crippen LogP contribution in [0, 0.1) is 5.82 Å². The fraction of sp³-hybridized carbons (Fsp3) is 0.353. The van der Waals surface area contributed by atoms with E-state index in [2.05, 4.69) is 9.68 Å². The molecule has 0 spiro atoms. The van der Waals surface area contributed by atoms with E-state index in [0.29, 0.717) is 30.2 Å². The van der Waals surface area contributed by atoms with Gasteiger partial charge < -0.3 is 18.9 Å². The second-order valence-electron chi connectivity index (χ2n) is 6.11. The SMILES string of the molecule is O=C1CCN(c2ccc(N3C[C@H](COc4ccon4)OC3=O)cc2F)C1. The number of hydrogen-bond donors (Lipinski definition) is 0. The van der Waals surface area contributed by atoms with E-state index in [-0.39, 0.29) is 25.5 Å². The summed E-state index contributed by atoms with van der Waals surface area (Å²) in [6, 6.07) is 6.05. The lowest BCUT2D eigenvalue weighted by molar-refractivity contribution is -0.116. The molecule has 1 amide bonds. The van der Waals surface area contributed by atoms with Crippen LogP contribution in [0.2, 0.25) is 0 Å². The van der Waals surface area contributed by atoms with Gasteiger partial charge in [0.1, 0.15) is 18.7 Å². The number of aromatic nitrogens is 1. The number of hydrogen-bond acceptors (Lipinski definition) is 7. The molecule has 9 heteroatoms. The minimum atomic E-state index is -0.567. The molecule has 2 fully saturated rings. The molecule has 4 rings (SSSR count). The second kappa shape index (κ2) is 6.66. The van der Waals surface area contributed by atoms with E-state index >= 15 is 0 Å². The summed E-state index contributed by atoms with van der Waals surface area (Å²) in [5, 5.41) is 3.61. The van der Waals surface area contributed by atoms with E-state index in [1.807, 2.05) is 0 Å². The fourth-order valence-corrected chi connectivity index (χ4v) is 3.03. The Morgan fingerprint density at radius 1 is 1.31 bits per heavy atom. The molecule has 0 N–H and O–H groups in total. The van der Waals surface area contributed by atoms with Gasteiger partial charge in [-0.05, 0) is 23.4 Å². The minimum Gasteiger partial charge on any atom is -0.471 e. The first kappa shape index (κ1) is 16.4. The Labute approximate surface area is 148 Å². The average Bonchev–Trinajstić information content (AvgIpc) is 3.34. The molecule has 26 heavy (non-hydrogen) atoms. The fourth-order valence-electron chi connectivity index (χ4n) is 3.03. The summed E-state index contributed by atoms with van der Waals surface area (Å²) >= 11 is 0. The predicted octanol–water partition coefficient (Wildman–Crippen LogP) is 2.00. The van der Waals surface area contributed by atoms with Crippen LogP contribution in [0.5, 0.6) is 5.88 Å². The highest BCUT2D eigenvalue weighted by molar-refractivity contribution is 5.90. The van der Waals surface area contributed by atoms with Gasteiger partial charge in [0.05, 0.1) is 24.5 Å². The molecule has 0 bridgehead atoms. The third-order valence-corrected chi connectivity index (χ3v) is 4.32. The zero-order valence-corrected chi connectivity index (χ0v) is 13.8. The van der Waals surface area contributed by atoms with Gasteiger partial charge in [0, 0.05) is 19.0 Å². The summed E-state index contributed by atoms with van der Waals surface area (Å²) in [5.74, 6) is -0.0890. The molecule has 0 unspecified atom stereocenters. The van der Waals surface area contributed by atoms with Crippen molar-refractivity contribution in [2.75, 3.05) is 36.0 Å². The zero-order valence-electron chi connectivity index (χ0n) is 13.8. The van der Waals surface area contributed by atoms with Crippen molar-refractivity contribution < 1.29 is 28.0 Å². The topological polar surface area (TPSA) is 85.1 Å². The first-order valence-electron chi connectivity index (χ1n) is 8.17. The molecule has 2 aliphatic rings. The minimum absolute atomic E-state index is 0.0894. The van der Waals surface area contributed by atoms with Gasteiger partial charge >= 0.3 is 6.09 Å². The molecule has 2 aliphatic heterocycles. The van der Waals surface area contributed by atoms with Crippen molar-refractivity contribution >= 4 is 23.3 Å². The number of anilines is 2. The molecule has 136 valence electrons. The number of ketones is 1. The predicted molar refractivity (Wildman–Crippen MR) is 87.9 cm³/mol. The lowest BCUT2D eigenvalue weighted by atomic mass is 10.2. The van der Waals surface area contributed by atoms with Gasteiger partial charge in [-0.25, -0.2) is 9.18 Å². The third kappa shape index (κ3) is 3.19. The number of amides is 1. The number of halogens is 1. The summed E-state index contributed by atoms with van der Waals surface area (Å²) in [4.78, 5) is 26.5. The van der Waals surface area contributed by atoms with Gasteiger partial charge in [-0.15, -0.1) is 0 Å². The van der Waals surface area contributed by atoms with Crippen molar-refractivity contribution in [2.24, 2.45) is 0 Å². The maximum atomic E-state index is 14.5. The number of carbonyl (C=O) groups is 2.